The van der Waals surface area contributed by atoms with Crippen molar-refractivity contribution < 1.29 is 9.90 Å². The predicted molar refractivity (Wildman–Crippen MR) is 50.4 cm³/mol. The monoisotopic (exact) mass is 196 g/mol. The Morgan fingerprint density at radius 3 is 2.79 bits per heavy atom. The van der Waals surface area contributed by atoms with Gasteiger partial charge in [-0.3, -0.25) is 4.79 Å². The van der Waals surface area contributed by atoms with Gasteiger partial charge in [-0.25, -0.2) is 9.78 Å². The Hall–Kier alpha value is -1.65. The first-order valence-corrected chi connectivity index (χ1v) is 4.35. The van der Waals surface area contributed by atoms with Gasteiger partial charge in [-0.2, -0.15) is 0 Å². The molecular formula is C9H12N2O3. The second kappa shape index (κ2) is 4.04. The molecule has 0 aliphatic rings. The van der Waals surface area contributed by atoms with Crippen molar-refractivity contribution in [3.05, 3.63) is 27.9 Å². The standard InChI is InChI=1S/C9H12N2O3/c1-3-4-6-7(9(13)14)8(12)11(2)5-10-6/h5H,3-4H2,1-2H3,(H,13,14). The number of hydrogen-bond donors (Lipinski definition) is 1. The molecule has 0 amide bonds. The van der Waals surface area contributed by atoms with Crippen molar-refractivity contribution in [2.75, 3.05) is 0 Å². The molecule has 1 heterocycles. The fourth-order valence-corrected chi connectivity index (χ4v) is 1.21. The van der Waals surface area contributed by atoms with Gasteiger partial charge in [0.25, 0.3) is 5.56 Å². The largest absolute Gasteiger partial charge is 0.477 e. The van der Waals surface area contributed by atoms with Crippen LogP contribution < -0.4 is 5.56 Å². The predicted octanol–water partition coefficient (Wildman–Crippen LogP) is 0.431. The number of carbonyl (C=O) groups is 1. The molecule has 1 rings (SSSR count). The lowest BCUT2D eigenvalue weighted by molar-refractivity contribution is 0.0692. The Morgan fingerprint density at radius 2 is 2.29 bits per heavy atom. The van der Waals surface area contributed by atoms with Gasteiger partial charge in [0.15, 0.2) is 0 Å². The topological polar surface area (TPSA) is 72.2 Å². The lowest BCUT2D eigenvalue weighted by Crippen LogP contribution is -2.27. The molecule has 5 nitrogen and oxygen atoms in total. The molecule has 14 heavy (non-hydrogen) atoms. The maximum absolute atomic E-state index is 11.4. The Bertz CT molecular complexity index is 409. The number of carboxylic acid groups (broad SMARTS) is 1. The molecule has 76 valence electrons. The van der Waals surface area contributed by atoms with Crippen LogP contribution in [0.3, 0.4) is 0 Å². The van der Waals surface area contributed by atoms with Crippen molar-refractivity contribution in [3.63, 3.8) is 0 Å². The van der Waals surface area contributed by atoms with E-state index < -0.39 is 11.5 Å². The number of aromatic nitrogens is 2. The smallest absolute Gasteiger partial charge is 0.343 e. The third-order valence-corrected chi connectivity index (χ3v) is 1.91. The zero-order chi connectivity index (χ0) is 10.7. The first kappa shape index (κ1) is 10.4. The minimum atomic E-state index is -1.21. The Balaban J connectivity index is 3.38. The minimum Gasteiger partial charge on any atom is -0.477 e. The molecule has 1 aromatic rings. The van der Waals surface area contributed by atoms with E-state index >= 15 is 0 Å². The van der Waals surface area contributed by atoms with Crippen molar-refractivity contribution in [3.8, 4) is 0 Å². The van der Waals surface area contributed by atoms with Crippen LogP contribution in [0.5, 0.6) is 0 Å². The third-order valence-electron chi connectivity index (χ3n) is 1.91. The Kier molecular flexibility index (Phi) is 3.01. The van der Waals surface area contributed by atoms with E-state index in [4.69, 9.17) is 5.11 Å². The molecule has 0 saturated carbocycles. The average molecular weight is 196 g/mol. The summed E-state index contributed by atoms with van der Waals surface area (Å²) in [4.78, 5) is 26.2. The van der Waals surface area contributed by atoms with Gasteiger partial charge in [-0.05, 0) is 6.42 Å². The second-order valence-corrected chi connectivity index (χ2v) is 3.04. The van der Waals surface area contributed by atoms with E-state index in [0.29, 0.717) is 12.1 Å². The van der Waals surface area contributed by atoms with Crippen LogP contribution in [0.4, 0.5) is 0 Å². The lowest BCUT2D eigenvalue weighted by Gasteiger charge is -2.04. The molecule has 1 aromatic heterocycles. The van der Waals surface area contributed by atoms with Crippen molar-refractivity contribution in [2.45, 2.75) is 19.8 Å². The number of aromatic carboxylic acids is 1. The van der Waals surface area contributed by atoms with E-state index in [1.165, 1.54) is 17.9 Å². The quantitative estimate of drug-likeness (QED) is 0.760. The number of nitrogens with zero attached hydrogens (tertiary/aromatic N) is 2. The maximum atomic E-state index is 11.4. The fraction of sp³-hybridized carbons (Fsp3) is 0.444. The van der Waals surface area contributed by atoms with Gasteiger partial charge in [-0.15, -0.1) is 0 Å². The molecule has 0 unspecified atom stereocenters. The van der Waals surface area contributed by atoms with E-state index in [0.717, 1.165) is 6.42 Å². The van der Waals surface area contributed by atoms with Crippen LogP contribution >= 0.6 is 0 Å². The molecule has 0 radical (unpaired) electrons. The van der Waals surface area contributed by atoms with Gasteiger partial charge in [-0.1, -0.05) is 13.3 Å². The van der Waals surface area contributed by atoms with E-state index in [1.807, 2.05) is 6.92 Å². The third kappa shape index (κ3) is 1.81. The highest BCUT2D eigenvalue weighted by atomic mass is 16.4. The van der Waals surface area contributed by atoms with Crippen LogP contribution in [0.15, 0.2) is 11.1 Å². The number of hydrogen-bond acceptors (Lipinski definition) is 3. The molecule has 5 heteroatoms. The highest BCUT2D eigenvalue weighted by molar-refractivity contribution is 5.88. The highest BCUT2D eigenvalue weighted by Gasteiger charge is 2.16. The van der Waals surface area contributed by atoms with E-state index in [1.54, 1.807) is 0 Å². The van der Waals surface area contributed by atoms with Crippen LogP contribution in [0.25, 0.3) is 0 Å². The number of rotatable bonds is 3. The summed E-state index contributed by atoms with van der Waals surface area (Å²) >= 11 is 0. The van der Waals surface area contributed by atoms with Gasteiger partial charge < -0.3 is 9.67 Å². The summed E-state index contributed by atoms with van der Waals surface area (Å²) in [6.07, 6.45) is 2.62. The molecule has 0 saturated heterocycles. The van der Waals surface area contributed by atoms with Crippen molar-refractivity contribution >= 4 is 5.97 Å². The normalized spacial score (nSPS) is 10.1. The molecule has 0 fully saturated rings. The zero-order valence-electron chi connectivity index (χ0n) is 8.15. The van der Waals surface area contributed by atoms with Crippen LogP contribution in [0.1, 0.15) is 29.4 Å². The van der Waals surface area contributed by atoms with Crippen molar-refractivity contribution in [1.82, 2.24) is 9.55 Å². The molecule has 1 N–H and O–H groups in total. The molecular weight excluding hydrogens is 184 g/mol. The Morgan fingerprint density at radius 1 is 1.64 bits per heavy atom. The summed E-state index contributed by atoms with van der Waals surface area (Å²) in [5.74, 6) is -1.21. The van der Waals surface area contributed by atoms with E-state index in [9.17, 15) is 9.59 Å². The van der Waals surface area contributed by atoms with Gasteiger partial charge >= 0.3 is 5.97 Å². The average Bonchev–Trinajstić information content (AvgIpc) is 2.11. The first-order chi connectivity index (χ1) is 6.57. The lowest BCUT2D eigenvalue weighted by atomic mass is 10.1. The van der Waals surface area contributed by atoms with Crippen LogP contribution in [-0.2, 0) is 13.5 Å². The van der Waals surface area contributed by atoms with Crippen LogP contribution in [-0.4, -0.2) is 20.6 Å². The van der Waals surface area contributed by atoms with Gasteiger partial charge in [0.2, 0.25) is 0 Å². The summed E-state index contributed by atoms with van der Waals surface area (Å²) in [5.41, 5.74) is -0.351. The van der Waals surface area contributed by atoms with Gasteiger partial charge in [0.1, 0.15) is 5.56 Å². The fourth-order valence-electron chi connectivity index (χ4n) is 1.21. The van der Waals surface area contributed by atoms with Crippen molar-refractivity contribution in [2.24, 2.45) is 7.05 Å². The SMILES string of the molecule is CCCc1ncn(C)c(=O)c1C(=O)O. The first-order valence-electron chi connectivity index (χ1n) is 4.35. The molecule has 0 spiro atoms. The summed E-state index contributed by atoms with van der Waals surface area (Å²) in [6, 6.07) is 0. The molecule has 0 bridgehead atoms. The van der Waals surface area contributed by atoms with Crippen LogP contribution in [0, 0.1) is 0 Å². The van der Waals surface area contributed by atoms with Crippen molar-refractivity contribution in [1.29, 1.82) is 0 Å². The molecule has 0 aromatic carbocycles. The molecule has 0 atom stereocenters. The minimum absolute atomic E-state index is 0.211. The summed E-state index contributed by atoms with van der Waals surface area (Å²) in [5, 5.41) is 8.84. The summed E-state index contributed by atoms with van der Waals surface area (Å²) < 4.78 is 1.17. The Labute approximate surface area is 81.0 Å². The zero-order valence-corrected chi connectivity index (χ0v) is 8.15. The summed E-state index contributed by atoms with van der Waals surface area (Å²) in [6.45, 7) is 1.91. The maximum Gasteiger partial charge on any atom is 0.343 e. The second-order valence-electron chi connectivity index (χ2n) is 3.04. The van der Waals surface area contributed by atoms with E-state index in [-0.39, 0.29) is 5.56 Å². The van der Waals surface area contributed by atoms with E-state index in [2.05, 4.69) is 4.98 Å². The highest BCUT2D eigenvalue weighted by Crippen LogP contribution is 2.02. The molecule has 0 aliphatic heterocycles. The molecule has 0 aliphatic carbocycles. The number of aryl methyl sites for hydroxylation is 2. The van der Waals surface area contributed by atoms with Gasteiger partial charge in [0, 0.05) is 7.05 Å². The van der Waals surface area contributed by atoms with Crippen LogP contribution in [0.2, 0.25) is 0 Å². The summed E-state index contributed by atoms with van der Waals surface area (Å²) in [7, 11) is 1.48. The number of carboxylic acids is 1. The van der Waals surface area contributed by atoms with Gasteiger partial charge in [0.05, 0.1) is 12.0 Å².